The molecule has 0 radical (unpaired) electrons. The van der Waals surface area contributed by atoms with Gasteiger partial charge in [-0.2, -0.15) is 0 Å². The van der Waals surface area contributed by atoms with Crippen LogP contribution >= 0.6 is 23.2 Å². The third-order valence-corrected chi connectivity index (χ3v) is 3.97. The van der Waals surface area contributed by atoms with Crippen molar-refractivity contribution in [3.8, 4) is 17.2 Å². The maximum Gasteiger partial charge on any atom is 0.231 e. The van der Waals surface area contributed by atoms with Gasteiger partial charge in [-0.1, -0.05) is 23.2 Å². The Kier molecular flexibility index (Phi) is 4.24. The highest BCUT2D eigenvalue weighted by Crippen LogP contribution is 2.38. The lowest BCUT2D eigenvalue weighted by atomic mass is 10.1. The lowest BCUT2D eigenvalue weighted by Crippen LogP contribution is -2.05. The highest BCUT2D eigenvalue weighted by molar-refractivity contribution is 6.35. The number of ketones is 1. The number of fused-ring (bicyclic) bond motifs is 1. The van der Waals surface area contributed by atoms with Crippen molar-refractivity contribution in [2.45, 2.75) is 13.5 Å². The second-order valence-corrected chi connectivity index (χ2v) is 5.90. The molecule has 120 valence electrons. The molecule has 0 aliphatic carbocycles. The molecule has 0 saturated carbocycles. The van der Waals surface area contributed by atoms with Gasteiger partial charge < -0.3 is 19.9 Å². The van der Waals surface area contributed by atoms with Gasteiger partial charge in [0.05, 0.1) is 5.02 Å². The van der Waals surface area contributed by atoms with Gasteiger partial charge in [0.15, 0.2) is 17.3 Å². The highest BCUT2D eigenvalue weighted by Gasteiger charge is 2.19. The van der Waals surface area contributed by atoms with E-state index in [0.717, 1.165) is 0 Å². The van der Waals surface area contributed by atoms with E-state index in [0.29, 0.717) is 33.3 Å². The molecule has 0 saturated heterocycles. The molecular formula is C16H13Cl2NO4. The first-order valence-electron chi connectivity index (χ1n) is 6.81. The summed E-state index contributed by atoms with van der Waals surface area (Å²) in [7, 11) is 0. The largest absolute Gasteiger partial charge is 0.506 e. The number of hydrogen-bond donors (Lipinski definition) is 2. The standard InChI is InChI=1S/C16H13Cl2NO4/c1-8(20)11-4-14-15(23-7-22-14)5-13(11)19-6-9-2-10(17)3-12(18)16(9)21/h2-5,19,21H,6-7H2,1H3. The summed E-state index contributed by atoms with van der Waals surface area (Å²) in [6.45, 7) is 1.84. The Bertz CT molecular complexity index is 792. The van der Waals surface area contributed by atoms with E-state index in [2.05, 4.69) is 5.32 Å². The van der Waals surface area contributed by atoms with Crippen LogP contribution in [-0.2, 0) is 6.54 Å². The number of halogens is 2. The molecule has 0 atom stereocenters. The van der Waals surface area contributed by atoms with E-state index in [9.17, 15) is 9.90 Å². The number of carbonyl (C=O) groups excluding carboxylic acids is 1. The van der Waals surface area contributed by atoms with Crippen LogP contribution in [-0.4, -0.2) is 17.7 Å². The Balaban J connectivity index is 1.90. The summed E-state index contributed by atoms with van der Waals surface area (Å²) < 4.78 is 10.6. The van der Waals surface area contributed by atoms with Gasteiger partial charge in [0.2, 0.25) is 6.79 Å². The van der Waals surface area contributed by atoms with Crippen molar-refractivity contribution in [2.75, 3.05) is 12.1 Å². The zero-order chi connectivity index (χ0) is 16.6. The van der Waals surface area contributed by atoms with Crippen LogP contribution in [0.2, 0.25) is 10.0 Å². The molecule has 3 rings (SSSR count). The van der Waals surface area contributed by atoms with E-state index in [-0.39, 0.29) is 29.9 Å². The predicted molar refractivity (Wildman–Crippen MR) is 88.0 cm³/mol. The van der Waals surface area contributed by atoms with E-state index in [4.69, 9.17) is 32.7 Å². The van der Waals surface area contributed by atoms with Crippen LogP contribution in [0.3, 0.4) is 0 Å². The van der Waals surface area contributed by atoms with Gasteiger partial charge in [0.25, 0.3) is 0 Å². The average molecular weight is 354 g/mol. The van der Waals surface area contributed by atoms with Crippen molar-refractivity contribution >= 4 is 34.7 Å². The van der Waals surface area contributed by atoms with Crippen molar-refractivity contribution in [3.63, 3.8) is 0 Å². The molecule has 0 spiro atoms. The molecule has 1 aliphatic rings. The summed E-state index contributed by atoms with van der Waals surface area (Å²) in [5.74, 6) is 0.938. The zero-order valence-electron chi connectivity index (χ0n) is 12.2. The van der Waals surface area contributed by atoms with Gasteiger partial charge in [-0.25, -0.2) is 0 Å². The lowest BCUT2D eigenvalue weighted by Gasteiger charge is -2.13. The highest BCUT2D eigenvalue weighted by atomic mass is 35.5. The maximum absolute atomic E-state index is 11.8. The summed E-state index contributed by atoms with van der Waals surface area (Å²) in [5.41, 5.74) is 1.58. The van der Waals surface area contributed by atoms with Crippen LogP contribution < -0.4 is 14.8 Å². The minimum atomic E-state index is -0.112. The predicted octanol–water partition coefficient (Wildman–Crippen LogP) is 4.24. The third-order valence-electron chi connectivity index (χ3n) is 3.47. The first-order chi connectivity index (χ1) is 11.0. The molecule has 2 N–H and O–H groups in total. The van der Waals surface area contributed by atoms with Crippen LogP contribution in [0.1, 0.15) is 22.8 Å². The van der Waals surface area contributed by atoms with Crippen molar-refractivity contribution in [2.24, 2.45) is 0 Å². The summed E-state index contributed by atoms with van der Waals surface area (Å²) in [6.07, 6.45) is 0. The second kappa shape index (κ2) is 6.18. The number of nitrogens with one attached hydrogen (secondary N) is 1. The minimum absolute atomic E-state index is 0.0475. The van der Waals surface area contributed by atoms with Gasteiger partial charge in [0, 0.05) is 34.4 Å². The molecule has 5 nitrogen and oxygen atoms in total. The second-order valence-electron chi connectivity index (χ2n) is 5.06. The quantitative estimate of drug-likeness (QED) is 0.804. The molecule has 0 fully saturated rings. The van der Waals surface area contributed by atoms with Gasteiger partial charge in [-0.15, -0.1) is 0 Å². The molecular weight excluding hydrogens is 341 g/mol. The van der Waals surface area contributed by atoms with E-state index in [1.807, 2.05) is 0 Å². The first-order valence-corrected chi connectivity index (χ1v) is 7.56. The summed E-state index contributed by atoms with van der Waals surface area (Å²) >= 11 is 11.9. The molecule has 7 heteroatoms. The SMILES string of the molecule is CC(=O)c1cc2c(cc1NCc1cc(Cl)cc(Cl)c1O)OCO2. The molecule has 2 aromatic rings. The number of Topliss-reactive ketones (excluding diaryl/α,β-unsaturated/α-hetero) is 1. The van der Waals surface area contributed by atoms with Crippen molar-refractivity contribution in [3.05, 3.63) is 45.4 Å². The van der Waals surface area contributed by atoms with E-state index >= 15 is 0 Å². The Morgan fingerprint density at radius 3 is 2.61 bits per heavy atom. The molecule has 1 aliphatic heterocycles. The van der Waals surface area contributed by atoms with Crippen LogP contribution in [0.25, 0.3) is 0 Å². The Morgan fingerprint density at radius 2 is 1.91 bits per heavy atom. The molecule has 0 aromatic heterocycles. The first kappa shape index (κ1) is 15.8. The van der Waals surface area contributed by atoms with Crippen molar-refractivity contribution in [1.82, 2.24) is 0 Å². The van der Waals surface area contributed by atoms with Crippen LogP contribution in [0.15, 0.2) is 24.3 Å². The van der Waals surface area contributed by atoms with Gasteiger partial charge >= 0.3 is 0 Å². The molecule has 0 amide bonds. The Morgan fingerprint density at radius 1 is 1.22 bits per heavy atom. The normalized spacial score (nSPS) is 12.3. The maximum atomic E-state index is 11.8. The monoisotopic (exact) mass is 353 g/mol. The fourth-order valence-electron chi connectivity index (χ4n) is 2.32. The average Bonchev–Trinajstić information content (AvgIpc) is 2.95. The minimum Gasteiger partial charge on any atom is -0.506 e. The third kappa shape index (κ3) is 3.16. The van der Waals surface area contributed by atoms with Gasteiger partial charge in [-0.05, 0) is 25.1 Å². The molecule has 0 unspecified atom stereocenters. The Labute approximate surface area is 142 Å². The number of benzene rings is 2. The van der Waals surface area contributed by atoms with E-state index in [1.165, 1.54) is 13.0 Å². The van der Waals surface area contributed by atoms with Crippen LogP contribution in [0.5, 0.6) is 17.2 Å². The number of ether oxygens (including phenoxy) is 2. The zero-order valence-corrected chi connectivity index (χ0v) is 13.7. The fraction of sp³-hybridized carbons (Fsp3) is 0.188. The fourth-order valence-corrected chi connectivity index (χ4v) is 2.86. The number of carbonyl (C=O) groups is 1. The number of hydrogen-bond acceptors (Lipinski definition) is 5. The van der Waals surface area contributed by atoms with Crippen LogP contribution in [0, 0.1) is 0 Å². The molecule has 23 heavy (non-hydrogen) atoms. The topological polar surface area (TPSA) is 67.8 Å². The summed E-state index contributed by atoms with van der Waals surface area (Å²) in [5, 5.41) is 13.7. The smallest absolute Gasteiger partial charge is 0.231 e. The Hall–Kier alpha value is -2.11. The van der Waals surface area contributed by atoms with Crippen LogP contribution in [0.4, 0.5) is 5.69 Å². The summed E-state index contributed by atoms with van der Waals surface area (Å²) in [6, 6.07) is 6.40. The number of rotatable bonds is 4. The lowest BCUT2D eigenvalue weighted by molar-refractivity contribution is 0.101. The van der Waals surface area contributed by atoms with Gasteiger partial charge in [0.1, 0.15) is 5.75 Å². The molecule has 1 heterocycles. The number of aromatic hydroxyl groups is 1. The van der Waals surface area contributed by atoms with Crippen molar-refractivity contribution in [1.29, 1.82) is 0 Å². The number of phenols is 1. The molecule has 2 aromatic carbocycles. The number of phenolic OH excluding ortho intramolecular Hbond substituents is 1. The van der Waals surface area contributed by atoms with Gasteiger partial charge in [-0.3, -0.25) is 4.79 Å². The van der Waals surface area contributed by atoms with E-state index < -0.39 is 0 Å². The summed E-state index contributed by atoms with van der Waals surface area (Å²) in [4.78, 5) is 11.8. The van der Waals surface area contributed by atoms with E-state index in [1.54, 1.807) is 18.2 Å². The molecule has 0 bridgehead atoms. The number of anilines is 1. The van der Waals surface area contributed by atoms with Crippen molar-refractivity contribution < 1.29 is 19.4 Å².